The predicted octanol–water partition coefficient (Wildman–Crippen LogP) is 1.45. The Labute approximate surface area is 108 Å². The van der Waals surface area contributed by atoms with E-state index in [-0.39, 0.29) is 5.75 Å². The third-order valence-electron chi connectivity index (χ3n) is 3.37. The number of para-hydroxylation sites is 1. The van der Waals surface area contributed by atoms with Gasteiger partial charge in [0.15, 0.2) is 0 Å². The first kappa shape index (κ1) is 13.4. The van der Waals surface area contributed by atoms with Gasteiger partial charge in [-0.2, -0.15) is 0 Å². The molecule has 18 heavy (non-hydrogen) atoms. The molecule has 0 aromatic heterocycles. The zero-order chi connectivity index (χ0) is 13.2. The normalized spacial score (nSPS) is 23.2. The molecule has 0 saturated carbocycles. The van der Waals surface area contributed by atoms with Crippen molar-refractivity contribution in [3.05, 3.63) is 29.8 Å². The van der Waals surface area contributed by atoms with Gasteiger partial charge in [-0.15, -0.1) is 0 Å². The summed E-state index contributed by atoms with van der Waals surface area (Å²) < 4.78 is 27.9. The van der Waals surface area contributed by atoms with Crippen molar-refractivity contribution in [1.29, 1.82) is 0 Å². The van der Waals surface area contributed by atoms with E-state index in [1.807, 2.05) is 24.3 Å². The molecule has 2 rings (SSSR count). The van der Waals surface area contributed by atoms with E-state index < -0.39 is 15.4 Å². The van der Waals surface area contributed by atoms with E-state index in [2.05, 4.69) is 0 Å². The van der Waals surface area contributed by atoms with Crippen LogP contribution in [-0.4, -0.2) is 27.0 Å². The summed E-state index contributed by atoms with van der Waals surface area (Å²) in [5, 5.41) is 0. The van der Waals surface area contributed by atoms with Crippen LogP contribution in [0, 0.1) is 0 Å². The Balaban J connectivity index is 2.12. The van der Waals surface area contributed by atoms with Crippen LogP contribution in [0.25, 0.3) is 0 Å². The second-order valence-corrected chi connectivity index (χ2v) is 7.24. The van der Waals surface area contributed by atoms with Crippen LogP contribution in [0.3, 0.4) is 0 Å². The maximum atomic E-state index is 11.2. The van der Waals surface area contributed by atoms with Gasteiger partial charge in [-0.3, -0.25) is 0 Å². The lowest BCUT2D eigenvalue weighted by Gasteiger charge is -2.35. The number of benzene rings is 1. The van der Waals surface area contributed by atoms with Gasteiger partial charge in [0, 0.05) is 29.5 Å². The zero-order valence-electron chi connectivity index (χ0n) is 10.6. The quantitative estimate of drug-likeness (QED) is 0.898. The van der Waals surface area contributed by atoms with Crippen LogP contribution in [-0.2, 0) is 15.4 Å². The Kier molecular flexibility index (Phi) is 3.64. The summed E-state index contributed by atoms with van der Waals surface area (Å²) in [4.78, 5) is 0. The van der Waals surface area contributed by atoms with E-state index in [9.17, 15) is 8.42 Å². The minimum absolute atomic E-state index is 0.189. The van der Waals surface area contributed by atoms with E-state index in [0.29, 0.717) is 19.4 Å². The predicted molar refractivity (Wildman–Crippen MR) is 71.4 cm³/mol. The summed E-state index contributed by atoms with van der Waals surface area (Å²) >= 11 is 0. The molecule has 1 atom stereocenters. The van der Waals surface area contributed by atoms with Gasteiger partial charge in [0.1, 0.15) is 15.6 Å². The molecule has 0 radical (unpaired) electrons. The highest BCUT2D eigenvalue weighted by Gasteiger charge is 2.33. The Hall–Kier alpha value is -1.07. The lowest BCUT2D eigenvalue weighted by molar-refractivity contribution is 0.208. The summed E-state index contributed by atoms with van der Waals surface area (Å²) in [5.41, 5.74) is 6.96. The lowest BCUT2D eigenvalue weighted by atomic mass is 9.82. The molecule has 1 aromatic carbocycles. The minimum Gasteiger partial charge on any atom is -0.493 e. The molecule has 5 heteroatoms. The Bertz CT molecular complexity index is 527. The summed E-state index contributed by atoms with van der Waals surface area (Å²) in [5.74, 6) is 1.01. The van der Waals surface area contributed by atoms with Gasteiger partial charge < -0.3 is 10.5 Å². The standard InChI is InChI=1S/C13H19NO3S/c1-18(15,16)10-4-7-13(14)8-9-17-12-6-3-2-5-11(12)13/h2-3,5-6H,4,7-10,14H2,1H3. The average Bonchev–Trinajstić information content (AvgIpc) is 2.28. The first-order valence-corrected chi connectivity index (χ1v) is 8.16. The maximum Gasteiger partial charge on any atom is 0.147 e. The molecule has 0 bridgehead atoms. The molecule has 100 valence electrons. The van der Waals surface area contributed by atoms with Crippen molar-refractivity contribution >= 4 is 9.84 Å². The van der Waals surface area contributed by atoms with Gasteiger partial charge in [0.2, 0.25) is 0 Å². The van der Waals surface area contributed by atoms with Gasteiger partial charge in [-0.1, -0.05) is 18.2 Å². The van der Waals surface area contributed by atoms with Crippen molar-refractivity contribution in [3.8, 4) is 5.75 Å². The number of hydrogen-bond acceptors (Lipinski definition) is 4. The number of sulfone groups is 1. The second kappa shape index (κ2) is 4.90. The third-order valence-corrected chi connectivity index (χ3v) is 4.40. The van der Waals surface area contributed by atoms with Crippen molar-refractivity contribution in [2.75, 3.05) is 18.6 Å². The van der Waals surface area contributed by atoms with E-state index in [4.69, 9.17) is 10.5 Å². The molecule has 4 nitrogen and oxygen atoms in total. The van der Waals surface area contributed by atoms with Crippen LogP contribution in [0.4, 0.5) is 0 Å². The fraction of sp³-hybridized carbons (Fsp3) is 0.538. The number of fused-ring (bicyclic) bond motifs is 1. The summed E-state index contributed by atoms with van der Waals surface area (Å²) in [6, 6.07) is 7.73. The van der Waals surface area contributed by atoms with Gasteiger partial charge in [-0.05, 0) is 18.9 Å². The van der Waals surface area contributed by atoms with Gasteiger partial charge in [0.05, 0.1) is 6.61 Å². The van der Waals surface area contributed by atoms with Gasteiger partial charge in [-0.25, -0.2) is 8.42 Å². The van der Waals surface area contributed by atoms with Crippen LogP contribution >= 0.6 is 0 Å². The van der Waals surface area contributed by atoms with Crippen molar-refractivity contribution in [1.82, 2.24) is 0 Å². The third kappa shape index (κ3) is 3.03. The Morgan fingerprint density at radius 1 is 1.39 bits per heavy atom. The van der Waals surface area contributed by atoms with E-state index in [1.54, 1.807) is 0 Å². The highest BCUT2D eigenvalue weighted by Crippen LogP contribution is 2.37. The van der Waals surface area contributed by atoms with Crippen LogP contribution in [0.1, 0.15) is 24.8 Å². The van der Waals surface area contributed by atoms with Crippen molar-refractivity contribution in [2.24, 2.45) is 5.73 Å². The molecular weight excluding hydrogens is 250 g/mol. The largest absolute Gasteiger partial charge is 0.493 e. The molecule has 2 N–H and O–H groups in total. The van der Waals surface area contributed by atoms with Crippen molar-refractivity contribution < 1.29 is 13.2 Å². The fourth-order valence-corrected chi connectivity index (χ4v) is 3.06. The number of rotatable bonds is 4. The number of hydrogen-bond donors (Lipinski definition) is 1. The molecule has 1 aromatic rings. The molecule has 1 aliphatic heterocycles. The fourth-order valence-electron chi connectivity index (χ4n) is 2.39. The highest BCUT2D eigenvalue weighted by atomic mass is 32.2. The van der Waals surface area contributed by atoms with E-state index in [0.717, 1.165) is 17.7 Å². The van der Waals surface area contributed by atoms with Crippen LogP contribution in [0.5, 0.6) is 5.75 Å². The second-order valence-electron chi connectivity index (χ2n) is 4.98. The monoisotopic (exact) mass is 269 g/mol. The van der Waals surface area contributed by atoms with Crippen molar-refractivity contribution in [3.63, 3.8) is 0 Å². The van der Waals surface area contributed by atoms with Crippen LogP contribution < -0.4 is 10.5 Å². The first-order chi connectivity index (χ1) is 8.41. The first-order valence-electron chi connectivity index (χ1n) is 6.10. The van der Waals surface area contributed by atoms with Gasteiger partial charge >= 0.3 is 0 Å². The topological polar surface area (TPSA) is 69.4 Å². The van der Waals surface area contributed by atoms with E-state index in [1.165, 1.54) is 6.26 Å². The minimum atomic E-state index is -2.92. The molecular formula is C13H19NO3S. The molecule has 0 amide bonds. The van der Waals surface area contributed by atoms with E-state index >= 15 is 0 Å². The Morgan fingerprint density at radius 2 is 2.11 bits per heavy atom. The molecule has 0 fully saturated rings. The van der Waals surface area contributed by atoms with Crippen LogP contribution in [0.15, 0.2) is 24.3 Å². The highest BCUT2D eigenvalue weighted by molar-refractivity contribution is 7.90. The van der Waals surface area contributed by atoms with Crippen molar-refractivity contribution in [2.45, 2.75) is 24.8 Å². The summed E-state index contributed by atoms with van der Waals surface area (Å²) in [6.07, 6.45) is 3.24. The summed E-state index contributed by atoms with van der Waals surface area (Å²) in [6.45, 7) is 0.590. The molecule has 1 heterocycles. The average molecular weight is 269 g/mol. The molecule has 0 aliphatic carbocycles. The number of ether oxygens (including phenoxy) is 1. The number of nitrogens with two attached hydrogens (primary N) is 1. The lowest BCUT2D eigenvalue weighted by Crippen LogP contribution is -2.41. The molecule has 0 spiro atoms. The summed E-state index contributed by atoms with van der Waals surface area (Å²) in [7, 11) is -2.92. The zero-order valence-corrected chi connectivity index (χ0v) is 11.4. The Morgan fingerprint density at radius 3 is 2.83 bits per heavy atom. The molecule has 1 unspecified atom stereocenters. The van der Waals surface area contributed by atoms with Gasteiger partial charge in [0.25, 0.3) is 0 Å². The smallest absolute Gasteiger partial charge is 0.147 e. The molecule has 1 aliphatic rings. The van der Waals surface area contributed by atoms with Crippen LogP contribution in [0.2, 0.25) is 0 Å². The SMILES string of the molecule is CS(=O)(=O)CCCC1(N)CCOc2ccccc21. The maximum absolute atomic E-state index is 11.2. The molecule has 0 saturated heterocycles.